The Morgan fingerprint density at radius 1 is 0.360 bits per heavy atom. The molecule has 14 nitrogen and oxygen atoms in total. The zero-order chi connectivity index (χ0) is 52.8. The lowest BCUT2D eigenvalue weighted by Crippen LogP contribution is -2.10. The molecule has 0 fully saturated rings. The molecular weight excluding hydrogens is 929 g/mol. The van der Waals surface area contributed by atoms with Gasteiger partial charge < -0.3 is 16.4 Å². The average molecular weight is 1030 g/mol. The van der Waals surface area contributed by atoms with Crippen LogP contribution in [0.2, 0.25) is 0 Å². The Morgan fingerprint density at radius 2 is 0.827 bits per heavy atom. The van der Waals surface area contributed by atoms with Gasteiger partial charge in [0, 0.05) is 93.6 Å². The van der Waals surface area contributed by atoms with Gasteiger partial charge in [0.25, 0.3) is 0 Å². The minimum Gasteiger partial charge on any atom is -0.382 e. The highest BCUT2D eigenvalue weighted by Gasteiger charge is 2.03. The molecule has 14 heteroatoms. The molecule has 4 N–H and O–H groups in total. The largest absolute Gasteiger partial charge is 0.382 e. The van der Waals surface area contributed by atoms with Crippen molar-refractivity contribution in [1.29, 1.82) is 0 Å². The minimum absolute atomic E-state index is 0. The molecule has 0 spiro atoms. The van der Waals surface area contributed by atoms with Gasteiger partial charge in [-0.3, -0.25) is 15.0 Å². The Balaban J connectivity index is -0.000000252. The second kappa shape index (κ2) is 42.5. The molecule has 0 aliphatic rings. The maximum atomic E-state index is 5.35. The van der Waals surface area contributed by atoms with Gasteiger partial charge in [-0.2, -0.15) is 0 Å². The van der Waals surface area contributed by atoms with Crippen LogP contribution in [0.3, 0.4) is 0 Å². The zero-order valence-corrected chi connectivity index (χ0v) is 45.5. The van der Waals surface area contributed by atoms with Gasteiger partial charge in [0.2, 0.25) is 5.95 Å². The van der Waals surface area contributed by atoms with Crippen LogP contribution in [0.15, 0.2) is 117 Å². The SMILES string of the molecule is C.C.C.C.C.CC(C)c1ccc(N(C)C)nc1.CC(C)c1cccnc1.CC(C)c1cnc(N)cn1.CC(C)c1cnc(N)nc1.CC(C)c1ncccn1.Cc1ccc(C(C)C)nc1.Cc1cnc(C(C)C)nc1. The predicted molar refractivity (Wildman–Crippen MR) is 326 cm³/mol. The number of nitrogens with zero attached hydrogens (tertiary/aromatic N) is 12. The Morgan fingerprint density at radius 3 is 1.17 bits per heavy atom. The molecule has 0 saturated heterocycles. The standard InChI is InChI=1S/C10H16N2.C9H13N.C8H12N2.C8H11N.2C7H11N3.C7H10N2.5CH4/c1-8(2)9-5-6-10(11-7-9)12(3)4;1-7(2)9-5-4-8(3)6-10-9;1-6(2)8-9-4-7(3)5-10-8;1-7(2)8-4-3-5-9-6-8;1-5(2)6-3-10-7(8)4-9-6;1-5(2)6-3-9-7(8)10-4-6;1-6(2)7-8-4-3-5-9-7;;;;;/h5-8H,1-4H3;4-7H,1-3H3;4-6H,1-3H3;3-7H,1-2H3;3-5H,1-2H3,(H2,8,10);3-5H,1-2H3,(H2,8,9,10);3-6H,1-2H3;5*1H4. The number of nitrogen functional groups attached to an aromatic ring is 2. The molecule has 0 aliphatic carbocycles. The minimum atomic E-state index is 0. The van der Waals surface area contributed by atoms with Crippen molar-refractivity contribution in [3.63, 3.8) is 0 Å². The summed E-state index contributed by atoms with van der Waals surface area (Å²) in [5.74, 6) is 7.13. The van der Waals surface area contributed by atoms with Crippen LogP contribution < -0.4 is 16.4 Å². The smallest absolute Gasteiger partial charge is 0.219 e. The molecule has 7 heterocycles. The second-order valence-corrected chi connectivity index (χ2v) is 18.9. The van der Waals surface area contributed by atoms with E-state index >= 15 is 0 Å². The molecule has 0 radical (unpaired) electrons. The van der Waals surface area contributed by atoms with E-state index in [2.05, 4.69) is 189 Å². The molecule has 0 aliphatic heterocycles. The van der Waals surface area contributed by atoms with Crippen LogP contribution in [0.5, 0.6) is 0 Å². The highest BCUT2D eigenvalue weighted by molar-refractivity contribution is 5.37. The lowest BCUT2D eigenvalue weighted by molar-refractivity contribution is 0.771. The summed E-state index contributed by atoms with van der Waals surface area (Å²) in [7, 11) is 3.99. The summed E-state index contributed by atoms with van der Waals surface area (Å²) in [4.78, 5) is 46.8. The van der Waals surface area contributed by atoms with Crippen molar-refractivity contribution in [3.05, 3.63) is 168 Å². The maximum absolute atomic E-state index is 5.35. The number of aryl methyl sites for hydroxylation is 2. The van der Waals surface area contributed by atoms with Crippen molar-refractivity contribution in [1.82, 2.24) is 54.8 Å². The molecule has 0 amide bonds. The Bertz CT molecular complexity index is 2070. The number of aromatic nitrogens is 11. The van der Waals surface area contributed by atoms with E-state index in [4.69, 9.17) is 11.5 Å². The number of pyridine rings is 3. The van der Waals surface area contributed by atoms with Gasteiger partial charge in [0.15, 0.2) is 0 Å². The normalized spacial score (nSPS) is 9.61. The van der Waals surface area contributed by atoms with Crippen molar-refractivity contribution < 1.29 is 0 Å². The van der Waals surface area contributed by atoms with Crippen molar-refractivity contribution in [2.24, 2.45) is 0 Å². The summed E-state index contributed by atoms with van der Waals surface area (Å²) in [6.07, 6.45) is 21.6. The highest BCUT2D eigenvalue weighted by Crippen LogP contribution is 2.16. The molecule has 418 valence electrons. The lowest BCUT2D eigenvalue weighted by atomic mass is 10.1. The fourth-order valence-electron chi connectivity index (χ4n) is 5.14. The second-order valence-electron chi connectivity index (χ2n) is 18.9. The number of rotatable bonds is 8. The van der Waals surface area contributed by atoms with E-state index in [1.54, 1.807) is 43.4 Å². The van der Waals surface area contributed by atoms with E-state index in [1.165, 1.54) is 22.4 Å². The highest BCUT2D eigenvalue weighted by atomic mass is 15.1. The summed E-state index contributed by atoms with van der Waals surface area (Å²) in [6.45, 7) is 33.7. The number of anilines is 3. The van der Waals surface area contributed by atoms with Gasteiger partial charge in [-0.25, -0.2) is 39.9 Å². The molecule has 75 heavy (non-hydrogen) atoms. The first-order chi connectivity index (χ1) is 33.0. The molecular formula is C61H104N14. The number of nitrogens with two attached hydrogens (primary N) is 2. The van der Waals surface area contributed by atoms with Gasteiger partial charge in [-0.1, -0.05) is 152 Å². The predicted octanol–water partition coefficient (Wildman–Crippen LogP) is 16.0. The Hall–Kier alpha value is -6.83. The van der Waals surface area contributed by atoms with Crippen LogP contribution in [-0.2, 0) is 0 Å². The van der Waals surface area contributed by atoms with Crippen molar-refractivity contribution >= 4 is 17.6 Å². The van der Waals surface area contributed by atoms with E-state index < -0.39 is 0 Å². The monoisotopic (exact) mass is 1030 g/mol. The van der Waals surface area contributed by atoms with Gasteiger partial charge in [-0.05, 0) is 95.5 Å². The zero-order valence-electron chi connectivity index (χ0n) is 45.5. The maximum Gasteiger partial charge on any atom is 0.219 e. The molecule has 0 unspecified atom stereocenters. The van der Waals surface area contributed by atoms with Crippen molar-refractivity contribution in [2.75, 3.05) is 30.5 Å². The first kappa shape index (κ1) is 77.1. The van der Waals surface area contributed by atoms with Crippen LogP contribution in [0.1, 0.15) is 226 Å². The first-order valence-corrected chi connectivity index (χ1v) is 24.2. The first-order valence-electron chi connectivity index (χ1n) is 24.2. The molecule has 0 aromatic carbocycles. The quantitative estimate of drug-likeness (QED) is 0.146. The third-order valence-corrected chi connectivity index (χ3v) is 9.83. The van der Waals surface area contributed by atoms with Crippen LogP contribution in [0, 0.1) is 13.8 Å². The van der Waals surface area contributed by atoms with E-state index in [0.29, 0.717) is 53.2 Å². The van der Waals surface area contributed by atoms with Gasteiger partial charge in [-0.15, -0.1) is 0 Å². The van der Waals surface area contributed by atoms with Crippen molar-refractivity contribution in [3.8, 4) is 0 Å². The summed E-state index contributed by atoms with van der Waals surface area (Å²) in [5, 5.41) is 0. The topological polar surface area (TPSA) is 197 Å². The molecule has 0 atom stereocenters. The van der Waals surface area contributed by atoms with Crippen molar-refractivity contribution in [2.45, 2.75) is 189 Å². The molecule has 7 aromatic heterocycles. The number of hydrogen-bond donors (Lipinski definition) is 2. The molecule has 7 rings (SSSR count). The molecule has 0 bridgehead atoms. The number of hydrogen-bond acceptors (Lipinski definition) is 14. The van der Waals surface area contributed by atoms with Gasteiger partial charge in [0.1, 0.15) is 23.3 Å². The van der Waals surface area contributed by atoms with Gasteiger partial charge in [0.05, 0.1) is 18.1 Å². The summed E-state index contributed by atoms with van der Waals surface area (Å²) >= 11 is 0. The fourth-order valence-corrected chi connectivity index (χ4v) is 5.14. The van der Waals surface area contributed by atoms with Crippen LogP contribution in [0.4, 0.5) is 17.6 Å². The third kappa shape index (κ3) is 34.3. The summed E-state index contributed by atoms with van der Waals surface area (Å²) in [6, 6.07) is 14.3. The Labute approximate surface area is 458 Å². The fraction of sp³-hybridized carbons (Fsp3) is 0.492. The lowest BCUT2D eigenvalue weighted by Gasteiger charge is -2.12. The molecule has 7 aromatic rings. The van der Waals surface area contributed by atoms with Crippen LogP contribution in [-0.4, -0.2) is 68.9 Å². The average Bonchev–Trinajstić information content (AvgIpc) is 3.34. The van der Waals surface area contributed by atoms with Crippen LogP contribution in [0.25, 0.3) is 0 Å². The summed E-state index contributed by atoms with van der Waals surface area (Å²) in [5.41, 5.74) is 18.9. The Kier molecular flexibility index (Phi) is 43.7. The van der Waals surface area contributed by atoms with E-state index in [1.807, 2.05) is 69.0 Å². The summed E-state index contributed by atoms with van der Waals surface area (Å²) < 4.78 is 0. The van der Waals surface area contributed by atoms with Crippen LogP contribution >= 0.6 is 0 Å². The van der Waals surface area contributed by atoms with E-state index in [0.717, 1.165) is 34.3 Å². The molecule has 0 saturated carbocycles. The van der Waals surface area contributed by atoms with Gasteiger partial charge >= 0.3 is 0 Å². The van der Waals surface area contributed by atoms with E-state index in [-0.39, 0.29) is 37.1 Å². The third-order valence-electron chi connectivity index (χ3n) is 9.83. The van der Waals surface area contributed by atoms with E-state index in [9.17, 15) is 0 Å².